The van der Waals surface area contributed by atoms with E-state index in [2.05, 4.69) is 20.4 Å². The van der Waals surface area contributed by atoms with Crippen molar-refractivity contribution < 1.29 is 9.21 Å². The minimum absolute atomic E-state index is 0.164. The van der Waals surface area contributed by atoms with Gasteiger partial charge >= 0.3 is 0 Å². The summed E-state index contributed by atoms with van der Waals surface area (Å²) in [6.07, 6.45) is 1.52. The number of H-pyrrole nitrogens is 1. The highest BCUT2D eigenvalue weighted by Gasteiger charge is 2.18. The smallest absolute Gasteiger partial charge is 0.258 e. The molecule has 28 heavy (non-hydrogen) atoms. The first-order valence-electron chi connectivity index (χ1n) is 8.29. The second kappa shape index (κ2) is 7.16. The van der Waals surface area contributed by atoms with E-state index in [1.54, 1.807) is 49.4 Å². The lowest BCUT2D eigenvalue weighted by atomic mass is 10.2. The summed E-state index contributed by atoms with van der Waals surface area (Å²) in [4.78, 5) is 31.5. The van der Waals surface area contributed by atoms with E-state index >= 15 is 0 Å². The number of hydrogen-bond donors (Lipinski definition) is 2. The third kappa shape index (κ3) is 3.45. The molecule has 0 unspecified atom stereocenters. The fourth-order valence-corrected chi connectivity index (χ4v) is 2.89. The molecule has 0 bridgehead atoms. The second-order valence-electron chi connectivity index (χ2n) is 5.95. The molecule has 0 aliphatic rings. The van der Waals surface area contributed by atoms with Gasteiger partial charge in [-0.3, -0.25) is 14.6 Å². The van der Waals surface area contributed by atoms with Crippen LogP contribution in [0.2, 0.25) is 5.02 Å². The van der Waals surface area contributed by atoms with E-state index < -0.39 is 5.91 Å². The van der Waals surface area contributed by atoms with Gasteiger partial charge in [-0.2, -0.15) is 9.78 Å². The summed E-state index contributed by atoms with van der Waals surface area (Å²) in [5.41, 5.74) is 0.948. The molecule has 0 saturated carbocycles. The first-order valence-corrected chi connectivity index (χ1v) is 8.67. The van der Waals surface area contributed by atoms with Gasteiger partial charge in [0.2, 0.25) is 5.95 Å². The molecule has 2 N–H and O–H groups in total. The number of amides is 1. The van der Waals surface area contributed by atoms with Crippen LogP contribution in [0.3, 0.4) is 0 Å². The number of furan rings is 1. The number of carbonyl (C=O) groups excluding carboxylic acids is 1. The predicted octanol–water partition coefficient (Wildman–Crippen LogP) is 3.43. The molecule has 0 spiro atoms. The van der Waals surface area contributed by atoms with Gasteiger partial charge in [-0.15, -0.1) is 0 Å². The van der Waals surface area contributed by atoms with Crippen molar-refractivity contribution in [2.45, 2.75) is 6.92 Å². The number of nitrogens with one attached hydrogen (secondary N) is 2. The zero-order valence-corrected chi connectivity index (χ0v) is 15.4. The Balaban J connectivity index is 1.80. The number of halogens is 1. The van der Waals surface area contributed by atoms with Gasteiger partial charge in [0.15, 0.2) is 5.76 Å². The molecular formula is C19H14ClN5O3. The Morgan fingerprint density at radius 2 is 2.04 bits per heavy atom. The molecule has 0 aliphatic carbocycles. The van der Waals surface area contributed by atoms with Crippen molar-refractivity contribution in [1.29, 1.82) is 0 Å². The van der Waals surface area contributed by atoms with Crippen LogP contribution < -0.4 is 10.9 Å². The Bertz CT molecular complexity index is 1210. The van der Waals surface area contributed by atoms with E-state index in [0.29, 0.717) is 33.6 Å². The molecule has 0 radical (unpaired) electrons. The molecule has 140 valence electrons. The molecule has 1 aromatic carbocycles. The molecule has 9 heteroatoms. The Labute approximate surface area is 163 Å². The van der Waals surface area contributed by atoms with Crippen molar-refractivity contribution in [2.24, 2.45) is 0 Å². The molecule has 4 aromatic rings. The topological polar surface area (TPSA) is 106 Å². The molecule has 0 fully saturated rings. The standard InChI is InChI=1S/C19H14ClN5O3/c1-11-9-17(26)23-19(21-11)25-16(10-14(24-25)15-7-4-8-28-15)22-18(27)12-5-2-3-6-13(12)20/h2-10H,1H3,(H,22,27)(H,21,23,26). The number of rotatable bonds is 4. The Kier molecular flexibility index (Phi) is 4.54. The van der Waals surface area contributed by atoms with Gasteiger partial charge in [-0.25, -0.2) is 4.98 Å². The number of carbonyl (C=O) groups is 1. The maximum atomic E-state index is 12.7. The molecular weight excluding hydrogens is 382 g/mol. The van der Waals surface area contributed by atoms with Crippen LogP contribution in [0.15, 0.2) is 64.0 Å². The van der Waals surface area contributed by atoms with E-state index in [-0.39, 0.29) is 11.5 Å². The summed E-state index contributed by atoms with van der Waals surface area (Å²) in [5, 5.41) is 7.50. The molecule has 3 aromatic heterocycles. The third-order valence-corrected chi connectivity index (χ3v) is 4.23. The third-order valence-electron chi connectivity index (χ3n) is 3.90. The maximum absolute atomic E-state index is 12.7. The summed E-state index contributed by atoms with van der Waals surface area (Å²) in [6.45, 7) is 1.69. The number of aromatic amines is 1. The van der Waals surface area contributed by atoms with E-state index in [1.807, 2.05) is 0 Å². The summed E-state index contributed by atoms with van der Waals surface area (Å²) < 4.78 is 6.71. The number of benzene rings is 1. The Morgan fingerprint density at radius 3 is 2.75 bits per heavy atom. The number of hydrogen-bond acceptors (Lipinski definition) is 5. The number of nitrogens with zero attached hydrogens (tertiary/aromatic N) is 3. The minimum atomic E-state index is -0.423. The average molecular weight is 396 g/mol. The normalized spacial score (nSPS) is 10.8. The second-order valence-corrected chi connectivity index (χ2v) is 6.36. The van der Waals surface area contributed by atoms with Gasteiger partial charge < -0.3 is 9.73 Å². The van der Waals surface area contributed by atoms with Crippen LogP contribution in [0, 0.1) is 6.92 Å². The minimum Gasteiger partial charge on any atom is -0.463 e. The van der Waals surface area contributed by atoms with Gasteiger partial charge in [0, 0.05) is 17.8 Å². The Morgan fingerprint density at radius 1 is 1.21 bits per heavy atom. The van der Waals surface area contributed by atoms with Crippen molar-refractivity contribution in [3.63, 3.8) is 0 Å². The zero-order valence-electron chi connectivity index (χ0n) is 14.6. The first kappa shape index (κ1) is 17.7. The zero-order chi connectivity index (χ0) is 19.7. The highest BCUT2D eigenvalue weighted by Crippen LogP contribution is 2.25. The molecule has 4 rings (SSSR count). The molecule has 0 aliphatic heterocycles. The lowest BCUT2D eigenvalue weighted by Gasteiger charge is -2.09. The van der Waals surface area contributed by atoms with Crippen molar-refractivity contribution in [2.75, 3.05) is 5.32 Å². The van der Waals surface area contributed by atoms with E-state index in [1.165, 1.54) is 17.0 Å². The monoisotopic (exact) mass is 395 g/mol. The largest absolute Gasteiger partial charge is 0.463 e. The van der Waals surface area contributed by atoms with Gasteiger partial charge in [0.25, 0.3) is 11.5 Å². The Hall–Kier alpha value is -3.65. The van der Waals surface area contributed by atoms with Crippen LogP contribution in [0.1, 0.15) is 16.1 Å². The van der Waals surface area contributed by atoms with Gasteiger partial charge in [-0.1, -0.05) is 23.7 Å². The van der Waals surface area contributed by atoms with Crippen molar-refractivity contribution in [3.05, 3.63) is 81.4 Å². The average Bonchev–Trinajstić information content (AvgIpc) is 3.30. The highest BCUT2D eigenvalue weighted by atomic mass is 35.5. The van der Waals surface area contributed by atoms with Gasteiger partial charge in [-0.05, 0) is 31.2 Å². The lowest BCUT2D eigenvalue weighted by molar-refractivity contribution is 0.102. The van der Waals surface area contributed by atoms with Crippen LogP contribution in [0.25, 0.3) is 17.4 Å². The number of aromatic nitrogens is 4. The van der Waals surface area contributed by atoms with Crippen molar-refractivity contribution >= 4 is 23.3 Å². The van der Waals surface area contributed by atoms with Crippen molar-refractivity contribution in [3.8, 4) is 17.4 Å². The highest BCUT2D eigenvalue weighted by molar-refractivity contribution is 6.34. The van der Waals surface area contributed by atoms with Crippen LogP contribution in [-0.2, 0) is 0 Å². The number of anilines is 1. The quantitative estimate of drug-likeness (QED) is 0.550. The molecule has 8 nitrogen and oxygen atoms in total. The van der Waals surface area contributed by atoms with E-state index in [9.17, 15) is 9.59 Å². The summed E-state index contributed by atoms with van der Waals surface area (Å²) in [5.74, 6) is 0.539. The molecule has 1 amide bonds. The van der Waals surface area contributed by atoms with Crippen LogP contribution in [-0.4, -0.2) is 25.7 Å². The van der Waals surface area contributed by atoms with Gasteiger partial charge in [0.1, 0.15) is 11.5 Å². The van der Waals surface area contributed by atoms with Crippen molar-refractivity contribution in [1.82, 2.24) is 19.7 Å². The predicted molar refractivity (Wildman–Crippen MR) is 104 cm³/mol. The summed E-state index contributed by atoms with van der Waals surface area (Å²) in [6, 6.07) is 13.1. The molecule has 0 saturated heterocycles. The van der Waals surface area contributed by atoms with Crippen LogP contribution >= 0.6 is 11.6 Å². The van der Waals surface area contributed by atoms with E-state index in [4.69, 9.17) is 16.0 Å². The first-order chi connectivity index (χ1) is 13.5. The molecule has 3 heterocycles. The molecule has 0 atom stereocenters. The van der Waals surface area contributed by atoms with Gasteiger partial charge in [0.05, 0.1) is 16.8 Å². The van der Waals surface area contributed by atoms with Crippen LogP contribution in [0.5, 0.6) is 0 Å². The SMILES string of the molecule is Cc1cc(=O)[nH]c(-n2nc(-c3ccco3)cc2NC(=O)c2ccccc2Cl)n1. The fraction of sp³-hybridized carbons (Fsp3) is 0.0526. The van der Waals surface area contributed by atoms with E-state index in [0.717, 1.165) is 0 Å². The number of aryl methyl sites for hydroxylation is 1. The maximum Gasteiger partial charge on any atom is 0.258 e. The fourth-order valence-electron chi connectivity index (χ4n) is 2.67. The van der Waals surface area contributed by atoms with Crippen LogP contribution in [0.4, 0.5) is 5.82 Å². The lowest BCUT2D eigenvalue weighted by Crippen LogP contribution is -2.19. The summed E-state index contributed by atoms with van der Waals surface area (Å²) >= 11 is 6.11. The summed E-state index contributed by atoms with van der Waals surface area (Å²) in [7, 11) is 0.